The smallest absolute Gasteiger partial charge is 0.178 e. The first-order valence-corrected chi connectivity index (χ1v) is 7.91. The second-order valence-corrected chi connectivity index (χ2v) is 6.47. The van der Waals surface area contributed by atoms with E-state index in [4.69, 9.17) is 0 Å². The van der Waals surface area contributed by atoms with Crippen molar-refractivity contribution in [1.29, 1.82) is 0 Å². The summed E-state index contributed by atoms with van der Waals surface area (Å²) >= 11 is 3.23. The standard InChI is InChI=1S/C11H13BrF2O2S/c1-2-8(6-12)7-17(15,16)9-3-4-10(13)11(14)5-9/h3-5,8H,2,6-7H2,1H3. The minimum atomic E-state index is -3.56. The van der Waals surface area contributed by atoms with Gasteiger partial charge in [-0.3, -0.25) is 0 Å². The summed E-state index contributed by atoms with van der Waals surface area (Å²) in [5.74, 6) is -2.29. The maximum Gasteiger partial charge on any atom is 0.178 e. The summed E-state index contributed by atoms with van der Waals surface area (Å²) in [6, 6.07) is 2.65. The monoisotopic (exact) mass is 326 g/mol. The topological polar surface area (TPSA) is 34.1 Å². The van der Waals surface area contributed by atoms with E-state index < -0.39 is 21.5 Å². The van der Waals surface area contributed by atoms with Crippen LogP contribution in [0.5, 0.6) is 0 Å². The van der Waals surface area contributed by atoms with Gasteiger partial charge >= 0.3 is 0 Å². The van der Waals surface area contributed by atoms with Crippen LogP contribution in [0.4, 0.5) is 8.78 Å². The van der Waals surface area contributed by atoms with Crippen LogP contribution in [0.25, 0.3) is 0 Å². The van der Waals surface area contributed by atoms with Crippen LogP contribution in [0.3, 0.4) is 0 Å². The predicted octanol–water partition coefficient (Wildman–Crippen LogP) is 3.16. The molecule has 0 aliphatic carbocycles. The Labute approximate surface area is 108 Å². The third kappa shape index (κ3) is 3.74. The van der Waals surface area contributed by atoms with E-state index in [-0.39, 0.29) is 16.6 Å². The van der Waals surface area contributed by atoms with E-state index >= 15 is 0 Å². The Kier molecular flexibility index (Phi) is 5.06. The van der Waals surface area contributed by atoms with Crippen molar-refractivity contribution in [3.63, 3.8) is 0 Å². The summed E-state index contributed by atoms with van der Waals surface area (Å²) in [4.78, 5) is -0.171. The Balaban J connectivity index is 3.01. The summed E-state index contributed by atoms with van der Waals surface area (Å²) in [7, 11) is -3.56. The predicted molar refractivity (Wildman–Crippen MR) is 66.0 cm³/mol. The van der Waals surface area contributed by atoms with Crippen molar-refractivity contribution in [1.82, 2.24) is 0 Å². The van der Waals surface area contributed by atoms with E-state index in [0.717, 1.165) is 18.2 Å². The highest BCUT2D eigenvalue weighted by Gasteiger charge is 2.20. The fourth-order valence-corrected chi connectivity index (χ4v) is 4.06. The quantitative estimate of drug-likeness (QED) is 0.615. The third-order valence-electron chi connectivity index (χ3n) is 2.50. The average Bonchev–Trinajstić information content (AvgIpc) is 2.29. The average molecular weight is 327 g/mol. The highest BCUT2D eigenvalue weighted by Crippen LogP contribution is 2.19. The minimum Gasteiger partial charge on any atom is -0.224 e. The second kappa shape index (κ2) is 5.91. The lowest BCUT2D eigenvalue weighted by Gasteiger charge is -2.12. The Hall–Kier alpha value is -0.490. The maximum absolute atomic E-state index is 13.0. The molecule has 1 rings (SSSR count). The van der Waals surface area contributed by atoms with Gasteiger partial charge in [-0.05, 0) is 24.1 Å². The number of benzene rings is 1. The molecule has 0 fully saturated rings. The number of hydrogen-bond acceptors (Lipinski definition) is 2. The summed E-state index contributed by atoms with van der Waals surface area (Å²) in [5, 5.41) is 0.562. The van der Waals surface area contributed by atoms with Gasteiger partial charge in [-0.15, -0.1) is 0 Å². The molecular formula is C11H13BrF2O2S. The van der Waals surface area contributed by atoms with E-state index in [1.54, 1.807) is 0 Å². The van der Waals surface area contributed by atoms with Crippen LogP contribution < -0.4 is 0 Å². The first kappa shape index (κ1) is 14.6. The van der Waals surface area contributed by atoms with Crippen molar-refractivity contribution in [2.24, 2.45) is 5.92 Å². The number of sulfone groups is 1. The largest absolute Gasteiger partial charge is 0.224 e. The van der Waals surface area contributed by atoms with Crippen LogP contribution in [0.15, 0.2) is 23.1 Å². The molecule has 0 spiro atoms. The molecule has 17 heavy (non-hydrogen) atoms. The Morgan fingerprint density at radius 3 is 2.41 bits per heavy atom. The van der Waals surface area contributed by atoms with Gasteiger partial charge < -0.3 is 0 Å². The molecule has 2 nitrogen and oxygen atoms in total. The van der Waals surface area contributed by atoms with E-state index in [1.807, 2.05) is 6.92 Å². The molecule has 0 heterocycles. The van der Waals surface area contributed by atoms with Gasteiger partial charge in [0.25, 0.3) is 0 Å². The van der Waals surface area contributed by atoms with Crippen molar-refractivity contribution in [3.8, 4) is 0 Å². The molecule has 0 saturated heterocycles. The number of hydrogen-bond donors (Lipinski definition) is 0. The zero-order valence-electron chi connectivity index (χ0n) is 9.29. The zero-order valence-corrected chi connectivity index (χ0v) is 11.7. The van der Waals surface area contributed by atoms with Crippen molar-refractivity contribution in [2.75, 3.05) is 11.1 Å². The van der Waals surface area contributed by atoms with Gasteiger partial charge in [-0.2, -0.15) is 0 Å². The molecule has 1 unspecified atom stereocenters. The molecule has 0 bridgehead atoms. The molecule has 0 amide bonds. The zero-order chi connectivity index (χ0) is 13.1. The van der Waals surface area contributed by atoms with Crippen molar-refractivity contribution in [3.05, 3.63) is 29.8 Å². The second-order valence-electron chi connectivity index (χ2n) is 3.79. The van der Waals surface area contributed by atoms with Gasteiger partial charge in [-0.1, -0.05) is 29.3 Å². The van der Waals surface area contributed by atoms with Gasteiger partial charge in [0.15, 0.2) is 21.5 Å². The summed E-state index contributed by atoms with van der Waals surface area (Å²) < 4.78 is 49.5. The molecule has 6 heteroatoms. The molecule has 0 radical (unpaired) electrons. The molecule has 0 saturated carbocycles. The van der Waals surface area contributed by atoms with Crippen molar-refractivity contribution < 1.29 is 17.2 Å². The number of rotatable bonds is 5. The van der Waals surface area contributed by atoms with Gasteiger partial charge in [0.1, 0.15) is 0 Å². The lowest BCUT2D eigenvalue weighted by molar-refractivity contribution is 0.504. The Bertz CT molecular complexity index is 484. The van der Waals surface area contributed by atoms with Gasteiger partial charge in [0.2, 0.25) is 0 Å². The number of halogens is 3. The Morgan fingerprint density at radius 1 is 1.29 bits per heavy atom. The first-order chi connectivity index (χ1) is 7.90. The molecule has 96 valence electrons. The molecule has 1 aromatic rings. The molecular weight excluding hydrogens is 314 g/mol. The third-order valence-corrected chi connectivity index (χ3v) is 5.30. The maximum atomic E-state index is 13.0. The fourth-order valence-electron chi connectivity index (χ4n) is 1.35. The summed E-state index contributed by atoms with van der Waals surface area (Å²) in [6.07, 6.45) is 0.703. The fraction of sp³-hybridized carbons (Fsp3) is 0.455. The number of alkyl halides is 1. The SMILES string of the molecule is CCC(CBr)CS(=O)(=O)c1ccc(F)c(F)c1. The summed E-state index contributed by atoms with van der Waals surface area (Å²) in [5.41, 5.74) is 0. The van der Waals surface area contributed by atoms with Gasteiger partial charge in [0, 0.05) is 5.33 Å². The van der Waals surface area contributed by atoms with Gasteiger partial charge in [-0.25, -0.2) is 17.2 Å². The highest BCUT2D eigenvalue weighted by atomic mass is 79.9. The molecule has 0 aliphatic rings. The normalized spacial score (nSPS) is 13.6. The van der Waals surface area contributed by atoms with Crippen LogP contribution >= 0.6 is 15.9 Å². The molecule has 1 aromatic carbocycles. The molecule has 0 aromatic heterocycles. The van der Waals surface area contributed by atoms with Crippen LogP contribution in [0, 0.1) is 17.6 Å². The lowest BCUT2D eigenvalue weighted by Crippen LogP contribution is -2.17. The molecule has 0 aliphatic heterocycles. The lowest BCUT2D eigenvalue weighted by atomic mass is 10.2. The van der Waals surface area contributed by atoms with Crippen LogP contribution in [-0.4, -0.2) is 19.5 Å². The van der Waals surface area contributed by atoms with E-state index in [1.165, 1.54) is 0 Å². The Morgan fingerprint density at radius 2 is 1.94 bits per heavy atom. The summed E-state index contributed by atoms with van der Waals surface area (Å²) in [6.45, 7) is 1.88. The van der Waals surface area contributed by atoms with Crippen molar-refractivity contribution in [2.45, 2.75) is 18.2 Å². The highest BCUT2D eigenvalue weighted by molar-refractivity contribution is 9.09. The van der Waals surface area contributed by atoms with E-state index in [2.05, 4.69) is 15.9 Å². The van der Waals surface area contributed by atoms with Crippen LogP contribution in [0.1, 0.15) is 13.3 Å². The van der Waals surface area contributed by atoms with Crippen LogP contribution in [-0.2, 0) is 9.84 Å². The first-order valence-electron chi connectivity index (χ1n) is 5.14. The van der Waals surface area contributed by atoms with E-state index in [0.29, 0.717) is 11.8 Å². The van der Waals surface area contributed by atoms with Crippen molar-refractivity contribution >= 4 is 25.8 Å². The van der Waals surface area contributed by atoms with E-state index in [9.17, 15) is 17.2 Å². The van der Waals surface area contributed by atoms with Crippen LogP contribution in [0.2, 0.25) is 0 Å². The minimum absolute atomic E-state index is 0.0342. The molecule has 0 N–H and O–H groups in total. The molecule has 1 atom stereocenters. The van der Waals surface area contributed by atoms with Gasteiger partial charge in [0.05, 0.1) is 10.6 Å².